The lowest BCUT2D eigenvalue weighted by Gasteiger charge is -2.21. The minimum Gasteiger partial charge on any atom is -0.274 e. The Morgan fingerprint density at radius 2 is 1.31 bits per heavy atom. The van der Waals surface area contributed by atoms with E-state index in [0.717, 1.165) is 27.2 Å². The van der Waals surface area contributed by atoms with E-state index in [2.05, 4.69) is 24.3 Å². The molecule has 2 bridgehead atoms. The molecule has 6 rings (SSSR count). The summed E-state index contributed by atoms with van der Waals surface area (Å²) in [6, 6.07) is 24.7. The van der Waals surface area contributed by atoms with Gasteiger partial charge in [-0.05, 0) is 40.8 Å². The van der Waals surface area contributed by atoms with Crippen LogP contribution < -0.4 is 4.90 Å². The maximum atomic E-state index is 13.7. The van der Waals surface area contributed by atoms with Crippen LogP contribution in [0.3, 0.4) is 0 Å². The first-order valence-electron chi connectivity index (χ1n) is 11.6. The lowest BCUT2D eigenvalue weighted by Crippen LogP contribution is -2.33. The van der Waals surface area contributed by atoms with Crippen molar-refractivity contribution in [2.24, 2.45) is 23.7 Å². The first kappa shape index (κ1) is 21.2. The molecule has 0 N–H and O–H groups in total. The van der Waals surface area contributed by atoms with E-state index in [1.165, 1.54) is 12.1 Å². The highest BCUT2D eigenvalue weighted by Gasteiger charge is 2.63. The lowest BCUT2D eigenvalue weighted by atomic mass is 9.85. The number of nitro benzene ring substituents is 1. The predicted octanol–water partition coefficient (Wildman–Crippen LogP) is 5.33. The predicted molar refractivity (Wildman–Crippen MR) is 132 cm³/mol. The Bertz CT molecular complexity index is 1370. The smallest absolute Gasteiger partial charge is 0.274 e. The van der Waals surface area contributed by atoms with E-state index in [1.807, 2.05) is 48.6 Å². The summed E-state index contributed by atoms with van der Waals surface area (Å²) in [5, 5.41) is 11.7. The summed E-state index contributed by atoms with van der Waals surface area (Å²) in [4.78, 5) is 39.7. The summed E-state index contributed by atoms with van der Waals surface area (Å²) in [6.07, 6.45) is 4.07. The van der Waals surface area contributed by atoms with Crippen molar-refractivity contribution in [1.29, 1.82) is 0 Å². The van der Waals surface area contributed by atoms with Crippen molar-refractivity contribution in [3.05, 3.63) is 123 Å². The molecule has 3 aromatic rings. The molecule has 35 heavy (non-hydrogen) atoms. The van der Waals surface area contributed by atoms with Crippen molar-refractivity contribution in [2.75, 3.05) is 4.90 Å². The number of amides is 2. The van der Waals surface area contributed by atoms with Crippen LogP contribution in [-0.4, -0.2) is 16.7 Å². The highest BCUT2D eigenvalue weighted by atomic mass is 16.6. The van der Waals surface area contributed by atoms with Gasteiger partial charge in [-0.25, -0.2) is 4.90 Å². The van der Waals surface area contributed by atoms with Gasteiger partial charge in [-0.2, -0.15) is 0 Å². The first-order chi connectivity index (χ1) is 17.0. The number of fused-ring (bicyclic) bond motifs is 5. The molecule has 2 aliphatic carbocycles. The van der Waals surface area contributed by atoms with Gasteiger partial charge in [-0.15, -0.1) is 0 Å². The number of benzene rings is 3. The van der Waals surface area contributed by atoms with Crippen molar-refractivity contribution >= 4 is 28.8 Å². The second kappa shape index (κ2) is 7.87. The number of anilines is 1. The van der Waals surface area contributed by atoms with Crippen LogP contribution in [0.15, 0.2) is 96.6 Å². The molecule has 0 spiro atoms. The quantitative estimate of drug-likeness (QED) is 0.227. The number of imide groups is 1. The topological polar surface area (TPSA) is 80.5 Å². The van der Waals surface area contributed by atoms with Crippen molar-refractivity contribution in [3.63, 3.8) is 0 Å². The molecule has 1 saturated carbocycles. The van der Waals surface area contributed by atoms with Gasteiger partial charge in [0, 0.05) is 17.9 Å². The van der Waals surface area contributed by atoms with Crippen LogP contribution in [0.5, 0.6) is 0 Å². The van der Waals surface area contributed by atoms with Crippen LogP contribution >= 0.6 is 0 Å². The molecule has 172 valence electrons. The van der Waals surface area contributed by atoms with Crippen LogP contribution in [0.1, 0.15) is 16.7 Å². The third kappa shape index (κ3) is 3.10. The highest BCUT2D eigenvalue weighted by molar-refractivity contribution is 6.24. The standard InChI is InChI=1S/C29H22N2O4/c1-17-12-15-22(23(16-17)31(34)35)30-28(32)26-20-13-14-21(27(26)29(30)33)25(20)24(18-8-4-2-5-9-18)19-10-6-3-7-11-19/h2-16,20-21,26-27H,1H3/t20-,21-,26+,27+/m0/s1. The minimum absolute atomic E-state index is 0.0567. The molecular formula is C29H22N2O4. The fourth-order valence-corrected chi connectivity index (χ4v) is 6.01. The Labute approximate surface area is 202 Å². The Morgan fingerprint density at radius 1 is 0.800 bits per heavy atom. The van der Waals surface area contributed by atoms with Gasteiger partial charge in [0.2, 0.25) is 11.8 Å². The lowest BCUT2D eigenvalue weighted by molar-refractivity contribution is -0.384. The van der Waals surface area contributed by atoms with Gasteiger partial charge in [0.05, 0.1) is 16.8 Å². The zero-order chi connectivity index (χ0) is 24.3. The van der Waals surface area contributed by atoms with E-state index in [9.17, 15) is 19.7 Å². The van der Waals surface area contributed by atoms with E-state index >= 15 is 0 Å². The van der Waals surface area contributed by atoms with Crippen LogP contribution in [-0.2, 0) is 9.59 Å². The van der Waals surface area contributed by atoms with Gasteiger partial charge in [-0.1, -0.05) is 78.9 Å². The van der Waals surface area contributed by atoms with E-state index in [-0.39, 0.29) is 35.0 Å². The molecule has 6 nitrogen and oxygen atoms in total. The van der Waals surface area contributed by atoms with E-state index in [0.29, 0.717) is 5.56 Å². The fraction of sp³-hybridized carbons (Fsp3) is 0.172. The maximum Gasteiger partial charge on any atom is 0.293 e. The average Bonchev–Trinajstić information content (AvgIpc) is 3.50. The molecule has 2 amide bonds. The largest absolute Gasteiger partial charge is 0.293 e. The molecule has 3 aromatic carbocycles. The van der Waals surface area contributed by atoms with Gasteiger partial charge in [0.25, 0.3) is 5.69 Å². The molecule has 1 aliphatic heterocycles. The number of hydrogen-bond acceptors (Lipinski definition) is 4. The monoisotopic (exact) mass is 462 g/mol. The van der Waals surface area contributed by atoms with Crippen LogP contribution in [0.2, 0.25) is 0 Å². The number of carbonyl (C=O) groups is 2. The van der Waals surface area contributed by atoms with Crippen molar-refractivity contribution in [3.8, 4) is 0 Å². The van der Waals surface area contributed by atoms with Crippen molar-refractivity contribution in [2.45, 2.75) is 6.92 Å². The Kier molecular flexibility index (Phi) is 4.78. The Morgan fingerprint density at radius 3 is 1.80 bits per heavy atom. The molecule has 0 aromatic heterocycles. The van der Waals surface area contributed by atoms with Gasteiger partial charge in [-0.3, -0.25) is 19.7 Å². The zero-order valence-corrected chi connectivity index (χ0v) is 19.0. The summed E-state index contributed by atoms with van der Waals surface area (Å²) < 4.78 is 0. The molecular weight excluding hydrogens is 440 g/mol. The normalized spacial score (nSPS) is 24.3. The molecule has 3 aliphatic rings. The van der Waals surface area contributed by atoms with Crippen LogP contribution in [0.25, 0.3) is 5.57 Å². The molecule has 2 fully saturated rings. The molecule has 6 heteroatoms. The average molecular weight is 463 g/mol. The summed E-state index contributed by atoms with van der Waals surface area (Å²) in [7, 11) is 0. The van der Waals surface area contributed by atoms with Crippen LogP contribution in [0, 0.1) is 40.7 Å². The molecule has 1 saturated heterocycles. The number of aryl methyl sites for hydroxylation is 1. The minimum atomic E-state index is -0.559. The van der Waals surface area contributed by atoms with E-state index in [1.54, 1.807) is 13.0 Å². The third-order valence-corrected chi connectivity index (χ3v) is 7.40. The SMILES string of the molecule is Cc1ccc(N2C(=O)[C@H]3[C@H](C2=O)[C@H]2C=C[C@H]3C2=C(c2ccccc2)c2ccccc2)c([N+](=O)[O-])c1. The summed E-state index contributed by atoms with van der Waals surface area (Å²) in [5.41, 5.74) is 4.74. The van der Waals surface area contributed by atoms with Gasteiger partial charge >= 0.3 is 0 Å². The van der Waals surface area contributed by atoms with Crippen molar-refractivity contribution < 1.29 is 14.5 Å². The Hall–Kier alpha value is -4.32. The maximum absolute atomic E-state index is 13.7. The number of rotatable bonds is 4. The number of hydrogen-bond donors (Lipinski definition) is 0. The van der Waals surface area contributed by atoms with E-state index < -0.39 is 16.8 Å². The summed E-state index contributed by atoms with van der Waals surface area (Å²) in [5.74, 6) is -2.30. The second-order valence-electron chi connectivity index (χ2n) is 9.31. The zero-order valence-electron chi connectivity index (χ0n) is 19.0. The molecule has 4 atom stereocenters. The molecule has 1 heterocycles. The number of nitrogens with zero attached hydrogens (tertiary/aromatic N) is 2. The van der Waals surface area contributed by atoms with Crippen LogP contribution in [0.4, 0.5) is 11.4 Å². The molecule has 0 radical (unpaired) electrons. The van der Waals surface area contributed by atoms with Gasteiger partial charge in [0.1, 0.15) is 5.69 Å². The third-order valence-electron chi connectivity index (χ3n) is 7.40. The Balaban J connectivity index is 1.49. The number of nitro groups is 1. The summed E-state index contributed by atoms with van der Waals surface area (Å²) >= 11 is 0. The fourth-order valence-electron chi connectivity index (χ4n) is 6.01. The second-order valence-corrected chi connectivity index (χ2v) is 9.31. The summed E-state index contributed by atoms with van der Waals surface area (Å²) in [6.45, 7) is 1.75. The molecule has 0 unspecified atom stereocenters. The van der Waals surface area contributed by atoms with Gasteiger partial charge in [0.15, 0.2) is 0 Å². The van der Waals surface area contributed by atoms with Crippen molar-refractivity contribution in [1.82, 2.24) is 0 Å². The van der Waals surface area contributed by atoms with Gasteiger partial charge < -0.3 is 0 Å². The van der Waals surface area contributed by atoms with E-state index in [4.69, 9.17) is 0 Å². The first-order valence-corrected chi connectivity index (χ1v) is 11.6. The number of carbonyl (C=O) groups excluding carboxylic acids is 2. The number of allylic oxidation sites excluding steroid dienone is 3. The highest BCUT2D eigenvalue weighted by Crippen LogP contribution is 2.59.